The van der Waals surface area contributed by atoms with Gasteiger partial charge in [0.1, 0.15) is 6.23 Å². The predicted octanol–water partition coefficient (Wildman–Crippen LogP) is 1.12. The van der Waals surface area contributed by atoms with Gasteiger partial charge >= 0.3 is 0 Å². The molecule has 64 valence electrons. The highest BCUT2D eigenvalue weighted by molar-refractivity contribution is 8.14. The summed E-state index contributed by atoms with van der Waals surface area (Å²) in [4.78, 5) is 0. The van der Waals surface area contributed by atoms with Crippen LogP contribution in [0.4, 0.5) is 0 Å². The van der Waals surface area contributed by atoms with Gasteiger partial charge in [0.15, 0.2) is 0 Å². The molecule has 0 aliphatic heterocycles. The molecule has 1 unspecified atom stereocenters. The molecule has 3 heteroatoms. The molecule has 0 rings (SSSR count). The highest BCUT2D eigenvalue weighted by atomic mass is 32.2. The summed E-state index contributed by atoms with van der Waals surface area (Å²) in [7, 11) is 0. The summed E-state index contributed by atoms with van der Waals surface area (Å²) in [5, 5.41) is 9.46. The molecule has 1 atom stereocenters. The Morgan fingerprint density at radius 1 is 1.30 bits per heavy atom. The van der Waals surface area contributed by atoms with Crippen LogP contribution in [0.2, 0.25) is 0 Å². The first-order valence-electron chi connectivity index (χ1n) is 3.45. The first kappa shape index (κ1) is 10.3. The van der Waals surface area contributed by atoms with Crippen LogP contribution in [0.1, 0.15) is 20.8 Å². The summed E-state index contributed by atoms with van der Waals surface area (Å²) in [6, 6.07) is 0. The van der Waals surface area contributed by atoms with Crippen LogP contribution in [-0.2, 0) is 0 Å². The first-order valence-corrected chi connectivity index (χ1v) is 5.69. The largest absolute Gasteiger partial charge is 0.377 e. The molecule has 2 nitrogen and oxygen atoms in total. The van der Waals surface area contributed by atoms with E-state index in [0.29, 0.717) is 0 Å². The van der Waals surface area contributed by atoms with Crippen molar-refractivity contribution < 1.29 is 5.11 Å². The van der Waals surface area contributed by atoms with Gasteiger partial charge in [-0.3, -0.25) is 4.72 Å². The summed E-state index contributed by atoms with van der Waals surface area (Å²) in [5.41, 5.74) is -0.0490. The third kappa shape index (κ3) is 4.14. The van der Waals surface area contributed by atoms with Crippen LogP contribution in [0.25, 0.3) is 0 Å². The molecule has 0 aromatic rings. The van der Waals surface area contributed by atoms with Crippen LogP contribution in [0.15, 0.2) is 0 Å². The van der Waals surface area contributed by atoms with E-state index in [-0.39, 0.29) is 22.7 Å². The van der Waals surface area contributed by atoms with E-state index in [9.17, 15) is 5.11 Å². The van der Waals surface area contributed by atoms with Crippen LogP contribution < -0.4 is 4.72 Å². The van der Waals surface area contributed by atoms with Gasteiger partial charge in [-0.2, -0.15) is 0 Å². The maximum absolute atomic E-state index is 9.46. The molecular weight excluding hydrogens is 146 g/mol. The summed E-state index contributed by atoms with van der Waals surface area (Å²) >= 11 is -0.204. The second kappa shape index (κ2) is 3.60. The van der Waals surface area contributed by atoms with E-state index in [1.54, 1.807) is 0 Å². The van der Waals surface area contributed by atoms with Crippen LogP contribution in [-0.4, -0.2) is 23.8 Å². The third-order valence-corrected chi connectivity index (χ3v) is 1.96. The zero-order valence-electron chi connectivity index (χ0n) is 7.47. The number of aliphatic hydroxyl groups is 1. The van der Waals surface area contributed by atoms with Gasteiger partial charge in [0, 0.05) is 5.41 Å². The molecule has 0 aliphatic rings. The highest BCUT2D eigenvalue weighted by Gasteiger charge is 2.21. The lowest BCUT2D eigenvalue weighted by atomic mass is 9.95. The predicted molar refractivity (Wildman–Crippen MR) is 49.4 cm³/mol. The van der Waals surface area contributed by atoms with Crippen LogP contribution in [0.5, 0.6) is 0 Å². The second-order valence-electron chi connectivity index (χ2n) is 3.79. The second-order valence-corrected chi connectivity index (χ2v) is 5.84. The Bertz CT molecular complexity index is 98.3. The minimum atomic E-state index is -0.381. The van der Waals surface area contributed by atoms with Crippen LogP contribution in [0, 0.1) is 5.41 Å². The molecule has 0 radical (unpaired) electrons. The van der Waals surface area contributed by atoms with Gasteiger partial charge in [-0.15, -0.1) is 0 Å². The molecule has 0 spiro atoms. The summed E-state index contributed by atoms with van der Waals surface area (Å²) in [5.74, 6) is 0. The van der Waals surface area contributed by atoms with Crippen molar-refractivity contribution in [2.24, 2.45) is 5.41 Å². The van der Waals surface area contributed by atoms with Gasteiger partial charge in [-0.1, -0.05) is 20.8 Å². The normalized spacial score (nSPS) is 16.8. The average Bonchev–Trinajstić information content (AvgIpc) is 1.60. The fourth-order valence-corrected chi connectivity index (χ4v) is 1.31. The SMILES string of the molecule is C[SH](C)NC(O)C(C)(C)C. The third-order valence-electron chi connectivity index (χ3n) is 1.20. The quantitative estimate of drug-likeness (QED) is 0.423. The first-order chi connectivity index (χ1) is 4.34. The molecule has 0 fully saturated rings. The molecule has 0 aromatic carbocycles. The van der Waals surface area contributed by atoms with E-state index in [1.165, 1.54) is 0 Å². The number of rotatable bonds is 2. The van der Waals surface area contributed by atoms with Crippen LogP contribution >= 0.6 is 11.1 Å². The monoisotopic (exact) mass is 165 g/mol. The van der Waals surface area contributed by atoms with Gasteiger partial charge < -0.3 is 5.11 Å². The topological polar surface area (TPSA) is 32.3 Å². The van der Waals surface area contributed by atoms with E-state index >= 15 is 0 Å². The van der Waals surface area contributed by atoms with Crippen molar-refractivity contribution in [1.29, 1.82) is 0 Å². The Balaban J connectivity index is 3.73. The van der Waals surface area contributed by atoms with Gasteiger partial charge in [0.05, 0.1) is 0 Å². The van der Waals surface area contributed by atoms with Crippen molar-refractivity contribution in [3.05, 3.63) is 0 Å². The lowest BCUT2D eigenvalue weighted by Gasteiger charge is -2.29. The standard InChI is InChI=1S/C7H19NOS/c1-7(2,3)6(9)8-10(4)5/h6,8-10H,1-5H3. The van der Waals surface area contributed by atoms with E-state index in [0.717, 1.165) is 0 Å². The smallest absolute Gasteiger partial charge is 0.117 e. The Kier molecular flexibility index (Phi) is 3.70. The molecule has 2 N–H and O–H groups in total. The number of aliphatic hydroxyl groups excluding tert-OH is 1. The Hall–Kier alpha value is 0.270. The fraction of sp³-hybridized carbons (Fsp3) is 1.00. The van der Waals surface area contributed by atoms with Crippen molar-refractivity contribution in [2.75, 3.05) is 12.5 Å². The van der Waals surface area contributed by atoms with Gasteiger partial charge in [-0.05, 0) is 12.5 Å². The zero-order valence-corrected chi connectivity index (χ0v) is 8.37. The number of hydrogen-bond acceptors (Lipinski definition) is 2. The molecule has 0 saturated heterocycles. The molecule has 0 amide bonds. The minimum Gasteiger partial charge on any atom is -0.377 e. The summed E-state index contributed by atoms with van der Waals surface area (Å²) in [6.07, 6.45) is 3.79. The fourth-order valence-electron chi connectivity index (χ4n) is 0.438. The molecule has 0 aromatic heterocycles. The Morgan fingerprint density at radius 2 is 1.70 bits per heavy atom. The molecule has 0 heterocycles. The molecule has 10 heavy (non-hydrogen) atoms. The summed E-state index contributed by atoms with van der Waals surface area (Å²) < 4.78 is 3.10. The van der Waals surface area contributed by atoms with Crippen molar-refractivity contribution in [2.45, 2.75) is 27.0 Å². The number of nitrogens with one attached hydrogen (secondary N) is 1. The van der Waals surface area contributed by atoms with Gasteiger partial charge in [0.25, 0.3) is 0 Å². The number of hydrogen-bond donors (Lipinski definition) is 3. The maximum atomic E-state index is 9.46. The zero-order chi connectivity index (χ0) is 8.36. The van der Waals surface area contributed by atoms with Crippen molar-refractivity contribution >= 4 is 11.1 Å². The minimum absolute atomic E-state index is 0.0490. The average molecular weight is 165 g/mol. The lowest BCUT2D eigenvalue weighted by Crippen LogP contribution is -2.37. The van der Waals surface area contributed by atoms with Crippen molar-refractivity contribution in [3.8, 4) is 0 Å². The van der Waals surface area contributed by atoms with E-state index in [1.807, 2.05) is 20.8 Å². The Labute approximate surface area is 66.5 Å². The molecule has 0 aliphatic carbocycles. The Morgan fingerprint density at radius 3 is 1.80 bits per heavy atom. The van der Waals surface area contributed by atoms with Crippen molar-refractivity contribution in [3.63, 3.8) is 0 Å². The summed E-state index contributed by atoms with van der Waals surface area (Å²) in [6.45, 7) is 6.05. The lowest BCUT2D eigenvalue weighted by molar-refractivity contribution is 0.0559. The van der Waals surface area contributed by atoms with Crippen LogP contribution in [0.3, 0.4) is 0 Å². The van der Waals surface area contributed by atoms with Crippen molar-refractivity contribution in [1.82, 2.24) is 4.72 Å². The van der Waals surface area contributed by atoms with Gasteiger partial charge in [-0.25, -0.2) is 11.1 Å². The maximum Gasteiger partial charge on any atom is 0.117 e. The van der Waals surface area contributed by atoms with Gasteiger partial charge in [0.2, 0.25) is 0 Å². The molecular formula is C7H19NOS. The van der Waals surface area contributed by atoms with E-state index < -0.39 is 0 Å². The highest BCUT2D eigenvalue weighted by Crippen LogP contribution is 2.21. The van der Waals surface area contributed by atoms with E-state index in [2.05, 4.69) is 17.2 Å². The van der Waals surface area contributed by atoms with E-state index in [4.69, 9.17) is 0 Å². The number of thiol groups is 1. The molecule has 0 saturated carbocycles. The molecule has 0 bridgehead atoms.